The van der Waals surface area contributed by atoms with Crippen LogP contribution in [0.5, 0.6) is 0 Å². The van der Waals surface area contributed by atoms with Crippen molar-refractivity contribution in [1.82, 2.24) is 24.3 Å². The topological polar surface area (TPSA) is 55.4 Å². The Balaban J connectivity index is 1.42. The average Bonchev–Trinajstić information content (AvgIpc) is 3.23. The molecule has 1 aliphatic carbocycles. The van der Waals surface area contributed by atoms with Gasteiger partial charge in [-0.25, -0.2) is 4.68 Å². The zero-order valence-electron chi connectivity index (χ0n) is 15.2. The van der Waals surface area contributed by atoms with E-state index >= 15 is 0 Å². The fraction of sp³-hybridized carbons (Fsp3) is 0.450. The van der Waals surface area contributed by atoms with Gasteiger partial charge in [0.25, 0.3) is 5.91 Å². The standard InChI is InChI=1S/C20H23N5O/c1-13-8-16(9-13)25-19-12-24(7-5-17(19)21-22-25)20(26)15-10-18-14(2)4-3-6-23(18)11-15/h3-4,6,10-11,13,16H,5,7-9,12H2,1-2H3. The molecule has 1 fully saturated rings. The molecule has 6 heteroatoms. The molecule has 0 aromatic carbocycles. The van der Waals surface area contributed by atoms with E-state index in [1.807, 2.05) is 33.8 Å². The van der Waals surface area contributed by atoms with Gasteiger partial charge in [-0.2, -0.15) is 0 Å². The lowest BCUT2D eigenvalue weighted by Crippen LogP contribution is -2.38. The van der Waals surface area contributed by atoms with Gasteiger partial charge in [0, 0.05) is 30.9 Å². The molecule has 1 amide bonds. The van der Waals surface area contributed by atoms with E-state index in [1.165, 1.54) is 5.56 Å². The van der Waals surface area contributed by atoms with Crippen LogP contribution in [0.3, 0.4) is 0 Å². The maximum atomic E-state index is 13.1. The molecule has 0 radical (unpaired) electrons. The predicted molar refractivity (Wildman–Crippen MR) is 98.0 cm³/mol. The van der Waals surface area contributed by atoms with Gasteiger partial charge in [-0.3, -0.25) is 4.79 Å². The number of carbonyl (C=O) groups excluding carboxylic acids is 1. The van der Waals surface area contributed by atoms with Gasteiger partial charge in [0.1, 0.15) is 0 Å². The zero-order chi connectivity index (χ0) is 17.8. The predicted octanol–water partition coefficient (Wildman–Crippen LogP) is 3.01. The van der Waals surface area contributed by atoms with Gasteiger partial charge in [-0.15, -0.1) is 5.10 Å². The summed E-state index contributed by atoms with van der Waals surface area (Å²) in [6.45, 7) is 5.66. The first-order valence-electron chi connectivity index (χ1n) is 9.39. The summed E-state index contributed by atoms with van der Waals surface area (Å²) in [5, 5.41) is 8.76. The first kappa shape index (κ1) is 15.6. The lowest BCUT2D eigenvalue weighted by molar-refractivity contribution is 0.0723. The van der Waals surface area contributed by atoms with E-state index in [0.29, 0.717) is 19.1 Å². The third kappa shape index (κ3) is 2.35. The highest BCUT2D eigenvalue weighted by Crippen LogP contribution is 2.38. The van der Waals surface area contributed by atoms with E-state index in [4.69, 9.17) is 0 Å². The molecule has 5 rings (SSSR count). The van der Waals surface area contributed by atoms with Crippen molar-refractivity contribution in [3.8, 4) is 0 Å². The molecule has 3 aromatic heterocycles. The SMILES string of the molecule is Cc1cccn2cc(C(=O)N3CCc4nnn(C5CC(C)C5)c4C3)cc12. The second-order valence-electron chi connectivity index (χ2n) is 7.85. The third-order valence-electron chi connectivity index (χ3n) is 5.91. The number of fused-ring (bicyclic) bond motifs is 2. The summed E-state index contributed by atoms with van der Waals surface area (Å²) < 4.78 is 4.11. The number of nitrogens with zero attached hydrogens (tertiary/aromatic N) is 5. The summed E-state index contributed by atoms with van der Waals surface area (Å²) in [6, 6.07) is 6.53. The molecular weight excluding hydrogens is 326 g/mol. The Hall–Kier alpha value is -2.63. The molecule has 0 saturated heterocycles. The Kier molecular flexibility index (Phi) is 3.42. The monoisotopic (exact) mass is 349 g/mol. The van der Waals surface area contributed by atoms with Crippen molar-refractivity contribution in [2.45, 2.75) is 45.7 Å². The molecule has 134 valence electrons. The van der Waals surface area contributed by atoms with Crippen LogP contribution in [0.1, 0.15) is 53.1 Å². The largest absolute Gasteiger partial charge is 0.332 e. The Bertz CT molecular complexity index is 995. The number of carbonyl (C=O) groups is 1. The summed E-state index contributed by atoms with van der Waals surface area (Å²) in [5.74, 6) is 0.853. The zero-order valence-corrected chi connectivity index (χ0v) is 15.2. The molecule has 6 nitrogen and oxygen atoms in total. The Morgan fingerprint density at radius 1 is 1.31 bits per heavy atom. The van der Waals surface area contributed by atoms with Crippen molar-refractivity contribution in [2.24, 2.45) is 5.92 Å². The lowest BCUT2D eigenvalue weighted by atomic mass is 9.82. The van der Waals surface area contributed by atoms with E-state index in [-0.39, 0.29) is 5.91 Å². The number of rotatable bonds is 2. The van der Waals surface area contributed by atoms with Crippen LogP contribution in [-0.4, -0.2) is 36.7 Å². The lowest BCUT2D eigenvalue weighted by Gasteiger charge is -2.35. The van der Waals surface area contributed by atoms with Crippen molar-refractivity contribution in [3.63, 3.8) is 0 Å². The van der Waals surface area contributed by atoms with E-state index in [0.717, 1.165) is 47.6 Å². The summed E-state index contributed by atoms with van der Waals surface area (Å²) in [6.07, 6.45) is 7.03. The number of hydrogen-bond donors (Lipinski definition) is 0. The van der Waals surface area contributed by atoms with Crippen LogP contribution in [0.15, 0.2) is 30.6 Å². The molecule has 0 bridgehead atoms. The molecule has 2 aliphatic rings. The molecule has 0 unspecified atom stereocenters. The minimum absolute atomic E-state index is 0.0912. The fourth-order valence-corrected chi connectivity index (χ4v) is 4.32. The molecule has 0 atom stereocenters. The first-order valence-corrected chi connectivity index (χ1v) is 9.39. The summed E-state index contributed by atoms with van der Waals surface area (Å²) >= 11 is 0. The highest BCUT2D eigenvalue weighted by Gasteiger charge is 2.33. The van der Waals surface area contributed by atoms with E-state index in [9.17, 15) is 4.79 Å². The first-order chi connectivity index (χ1) is 12.6. The van der Waals surface area contributed by atoms with Gasteiger partial charge in [0.15, 0.2) is 0 Å². The van der Waals surface area contributed by atoms with Crippen LogP contribution in [-0.2, 0) is 13.0 Å². The Morgan fingerprint density at radius 3 is 2.92 bits per heavy atom. The minimum atomic E-state index is 0.0912. The van der Waals surface area contributed by atoms with Gasteiger partial charge in [0.05, 0.1) is 29.5 Å². The Labute approximate surface area is 152 Å². The van der Waals surface area contributed by atoms with Gasteiger partial charge in [-0.1, -0.05) is 18.2 Å². The third-order valence-corrected chi connectivity index (χ3v) is 5.91. The van der Waals surface area contributed by atoms with Gasteiger partial charge in [-0.05, 0) is 43.4 Å². The molecule has 1 saturated carbocycles. The molecule has 3 aromatic rings. The van der Waals surface area contributed by atoms with Crippen molar-refractivity contribution in [3.05, 3.63) is 53.1 Å². The summed E-state index contributed by atoms with van der Waals surface area (Å²) in [7, 11) is 0. The number of aromatic nitrogens is 4. The highest BCUT2D eigenvalue weighted by atomic mass is 16.2. The highest BCUT2D eigenvalue weighted by molar-refractivity contribution is 5.96. The number of pyridine rings is 1. The van der Waals surface area contributed by atoms with E-state index in [2.05, 4.69) is 34.9 Å². The number of amides is 1. The van der Waals surface area contributed by atoms with Crippen LogP contribution in [0.2, 0.25) is 0 Å². The Morgan fingerprint density at radius 2 is 2.15 bits per heavy atom. The second-order valence-corrected chi connectivity index (χ2v) is 7.85. The molecule has 26 heavy (non-hydrogen) atoms. The fourth-order valence-electron chi connectivity index (χ4n) is 4.32. The minimum Gasteiger partial charge on any atom is -0.332 e. The van der Waals surface area contributed by atoms with Crippen molar-refractivity contribution in [1.29, 1.82) is 0 Å². The maximum Gasteiger partial charge on any atom is 0.255 e. The smallest absolute Gasteiger partial charge is 0.255 e. The average molecular weight is 349 g/mol. The summed E-state index contributed by atoms with van der Waals surface area (Å²) in [5.41, 5.74) is 5.20. The van der Waals surface area contributed by atoms with E-state index < -0.39 is 0 Å². The van der Waals surface area contributed by atoms with Gasteiger partial charge >= 0.3 is 0 Å². The van der Waals surface area contributed by atoms with Crippen molar-refractivity contribution < 1.29 is 4.79 Å². The van der Waals surface area contributed by atoms with Gasteiger partial charge < -0.3 is 9.30 Å². The van der Waals surface area contributed by atoms with Crippen LogP contribution in [0.25, 0.3) is 5.52 Å². The van der Waals surface area contributed by atoms with Crippen LogP contribution in [0, 0.1) is 12.8 Å². The number of aryl methyl sites for hydroxylation is 1. The summed E-state index contributed by atoms with van der Waals surface area (Å²) in [4.78, 5) is 15.0. The van der Waals surface area contributed by atoms with Crippen molar-refractivity contribution >= 4 is 11.4 Å². The van der Waals surface area contributed by atoms with Crippen LogP contribution in [0.4, 0.5) is 0 Å². The normalized spacial score (nSPS) is 22.3. The molecule has 1 aliphatic heterocycles. The van der Waals surface area contributed by atoms with Crippen LogP contribution >= 0.6 is 0 Å². The quantitative estimate of drug-likeness (QED) is 0.715. The molecule has 0 spiro atoms. The van der Waals surface area contributed by atoms with Crippen molar-refractivity contribution in [2.75, 3.05) is 6.54 Å². The molecule has 0 N–H and O–H groups in total. The molecular formula is C20H23N5O. The van der Waals surface area contributed by atoms with Crippen LogP contribution < -0.4 is 0 Å². The van der Waals surface area contributed by atoms with E-state index in [1.54, 1.807) is 0 Å². The van der Waals surface area contributed by atoms with Gasteiger partial charge in [0.2, 0.25) is 0 Å². The molecule has 4 heterocycles. The number of hydrogen-bond acceptors (Lipinski definition) is 3. The second kappa shape index (κ2) is 5.69. The maximum absolute atomic E-state index is 13.1.